The number of rotatable bonds is 7. The number of hydrogen-bond donors (Lipinski definition) is 4. The number of nitrogens with zero attached hydrogens (tertiary/aromatic N) is 5. The van der Waals surface area contributed by atoms with Gasteiger partial charge in [0.05, 0.1) is 6.61 Å². The van der Waals surface area contributed by atoms with Gasteiger partial charge in [-0.15, -0.1) is 10.2 Å². The van der Waals surface area contributed by atoms with Gasteiger partial charge in [0, 0.05) is 31.6 Å². The summed E-state index contributed by atoms with van der Waals surface area (Å²) in [7, 11) is 1.88. The smallest absolute Gasteiger partial charge is 0.158 e. The van der Waals surface area contributed by atoms with Crippen LogP contribution in [0.1, 0.15) is 30.4 Å². The highest BCUT2D eigenvalue weighted by Crippen LogP contribution is 2.37. The predicted octanol–water partition coefficient (Wildman–Crippen LogP) is -0.140. The second kappa shape index (κ2) is 6.88. The van der Waals surface area contributed by atoms with Crippen molar-refractivity contribution in [3.05, 3.63) is 24.0 Å². The fourth-order valence-corrected chi connectivity index (χ4v) is 2.74. The minimum absolute atomic E-state index is 0.0601. The molecule has 2 aromatic rings. The lowest BCUT2D eigenvalue weighted by Gasteiger charge is -2.35. The number of nitrogens with one attached hydrogen (secondary N) is 2. The molecule has 0 atom stereocenters. The highest BCUT2D eigenvalue weighted by Gasteiger charge is 2.34. The highest BCUT2D eigenvalue weighted by atomic mass is 16.3. The van der Waals surface area contributed by atoms with Gasteiger partial charge in [0.25, 0.3) is 0 Å². The molecule has 1 fully saturated rings. The molecule has 0 spiro atoms. The molecule has 2 aromatic heterocycles. The first-order valence-electron chi connectivity index (χ1n) is 7.63. The number of anilines is 2. The Bertz CT molecular complexity index is 654. The van der Waals surface area contributed by atoms with Gasteiger partial charge >= 0.3 is 0 Å². The maximum Gasteiger partial charge on any atom is 0.158 e. The molecule has 1 aliphatic carbocycles. The van der Waals surface area contributed by atoms with Crippen LogP contribution < -0.4 is 10.6 Å². The molecule has 23 heavy (non-hydrogen) atoms. The van der Waals surface area contributed by atoms with Crippen LogP contribution in [0.4, 0.5) is 11.6 Å². The number of aliphatic hydroxyl groups excluding tert-OH is 2. The monoisotopic (exact) mass is 319 g/mol. The van der Waals surface area contributed by atoms with E-state index in [4.69, 9.17) is 10.2 Å². The Morgan fingerprint density at radius 1 is 1.22 bits per heavy atom. The van der Waals surface area contributed by atoms with Crippen molar-refractivity contribution in [3.8, 4) is 0 Å². The molecule has 0 unspecified atom stereocenters. The summed E-state index contributed by atoms with van der Waals surface area (Å²) in [5.41, 5.74) is 0. The first-order chi connectivity index (χ1) is 11.2. The van der Waals surface area contributed by atoms with Crippen molar-refractivity contribution in [2.75, 3.05) is 23.8 Å². The van der Waals surface area contributed by atoms with Gasteiger partial charge in [-0.1, -0.05) is 0 Å². The molecule has 3 rings (SSSR count). The van der Waals surface area contributed by atoms with E-state index in [1.165, 1.54) is 6.33 Å². The number of hydrogen-bond acceptors (Lipinski definition) is 8. The van der Waals surface area contributed by atoms with Crippen LogP contribution in [0.2, 0.25) is 0 Å². The fourth-order valence-electron chi connectivity index (χ4n) is 2.74. The van der Waals surface area contributed by atoms with Gasteiger partial charge in [-0.25, -0.2) is 9.97 Å². The Kier molecular flexibility index (Phi) is 4.68. The summed E-state index contributed by atoms with van der Waals surface area (Å²) in [4.78, 5) is 8.31. The molecule has 0 amide bonds. The second-order valence-corrected chi connectivity index (χ2v) is 5.64. The van der Waals surface area contributed by atoms with E-state index < -0.39 is 0 Å². The predicted molar refractivity (Wildman–Crippen MR) is 83.9 cm³/mol. The van der Waals surface area contributed by atoms with E-state index in [1.807, 2.05) is 17.7 Å². The minimum atomic E-state index is -0.0948. The summed E-state index contributed by atoms with van der Waals surface area (Å²) >= 11 is 0. The Morgan fingerprint density at radius 3 is 2.70 bits per heavy atom. The summed E-state index contributed by atoms with van der Waals surface area (Å²) in [6.45, 7) is 0.425. The molecular weight excluding hydrogens is 298 g/mol. The Morgan fingerprint density at radius 2 is 2.00 bits per heavy atom. The molecule has 0 aromatic carbocycles. The first-order valence-corrected chi connectivity index (χ1v) is 7.63. The quantitative estimate of drug-likeness (QED) is 0.556. The van der Waals surface area contributed by atoms with Crippen molar-refractivity contribution in [1.29, 1.82) is 0 Å². The molecule has 0 radical (unpaired) electrons. The topological polar surface area (TPSA) is 121 Å². The molecule has 2 heterocycles. The SMILES string of the molecule is Cn1c(CO)nnc1C1CC(Nc2cc(NCCO)ncn2)C1. The molecule has 1 saturated carbocycles. The first kappa shape index (κ1) is 15.6. The van der Waals surface area contributed by atoms with Crippen LogP contribution in [0.5, 0.6) is 0 Å². The standard InChI is InChI=1S/C14H21N7O2/c1-21-13(7-23)19-20-14(21)9-4-10(5-9)18-12-6-11(15-2-3-22)16-8-17-12/h6,8-10,22-23H,2-5,7H2,1H3,(H2,15,16,17,18). The van der Waals surface area contributed by atoms with E-state index in [9.17, 15) is 0 Å². The van der Waals surface area contributed by atoms with Crippen LogP contribution in [0.3, 0.4) is 0 Å². The van der Waals surface area contributed by atoms with Crippen molar-refractivity contribution >= 4 is 11.6 Å². The van der Waals surface area contributed by atoms with Gasteiger partial charge in [-0.05, 0) is 12.8 Å². The van der Waals surface area contributed by atoms with E-state index in [0.29, 0.717) is 30.1 Å². The fraction of sp³-hybridized carbons (Fsp3) is 0.571. The third-order valence-electron chi connectivity index (χ3n) is 4.08. The molecule has 4 N–H and O–H groups in total. The largest absolute Gasteiger partial charge is 0.395 e. The summed E-state index contributed by atoms with van der Waals surface area (Å²) in [6.07, 6.45) is 3.38. The Hall–Kier alpha value is -2.26. The number of aliphatic hydroxyl groups is 2. The molecule has 0 saturated heterocycles. The van der Waals surface area contributed by atoms with Crippen molar-refractivity contribution in [3.63, 3.8) is 0 Å². The van der Waals surface area contributed by atoms with E-state index in [1.54, 1.807) is 0 Å². The average molecular weight is 319 g/mol. The highest BCUT2D eigenvalue weighted by molar-refractivity contribution is 5.47. The Balaban J connectivity index is 1.55. The van der Waals surface area contributed by atoms with Crippen LogP contribution in [0, 0.1) is 0 Å². The third-order valence-corrected chi connectivity index (χ3v) is 4.08. The van der Waals surface area contributed by atoms with Crippen LogP contribution in [0.25, 0.3) is 0 Å². The second-order valence-electron chi connectivity index (χ2n) is 5.64. The lowest BCUT2D eigenvalue weighted by molar-refractivity contribution is 0.265. The van der Waals surface area contributed by atoms with Crippen molar-refractivity contribution in [2.24, 2.45) is 7.05 Å². The van der Waals surface area contributed by atoms with E-state index in [2.05, 4.69) is 30.8 Å². The molecule has 0 bridgehead atoms. The zero-order valence-electron chi connectivity index (χ0n) is 13.0. The van der Waals surface area contributed by atoms with Crippen molar-refractivity contribution in [2.45, 2.75) is 31.4 Å². The number of aromatic nitrogens is 5. The Labute approximate surface area is 133 Å². The lowest BCUT2D eigenvalue weighted by atomic mass is 9.79. The molecular formula is C14H21N7O2. The van der Waals surface area contributed by atoms with Gasteiger partial charge in [0.15, 0.2) is 5.82 Å². The minimum Gasteiger partial charge on any atom is -0.395 e. The summed E-state index contributed by atoms with van der Waals surface area (Å²) in [5, 5.41) is 32.5. The average Bonchev–Trinajstić information content (AvgIpc) is 2.89. The van der Waals surface area contributed by atoms with Gasteiger partial charge in [-0.3, -0.25) is 0 Å². The maximum atomic E-state index is 9.17. The zero-order valence-corrected chi connectivity index (χ0v) is 13.0. The summed E-state index contributed by atoms with van der Waals surface area (Å²) in [5.74, 6) is 3.30. The molecule has 9 heteroatoms. The summed E-state index contributed by atoms with van der Waals surface area (Å²) < 4.78 is 1.86. The molecule has 0 aliphatic heterocycles. The zero-order chi connectivity index (χ0) is 16.2. The molecule has 1 aliphatic rings. The lowest BCUT2D eigenvalue weighted by Crippen LogP contribution is -2.35. The van der Waals surface area contributed by atoms with Gasteiger partial charge < -0.3 is 25.4 Å². The van der Waals surface area contributed by atoms with E-state index >= 15 is 0 Å². The summed E-state index contributed by atoms with van der Waals surface area (Å²) in [6, 6.07) is 2.16. The van der Waals surface area contributed by atoms with Crippen molar-refractivity contribution in [1.82, 2.24) is 24.7 Å². The van der Waals surface area contributed by atoms with Crippen molar-refractivity contribution < 1.29 is 10.2 Å². The van der Waals surface area contributed by atoms with Crippen LogP contribution in [-0.4, -0.2) is 54.1 Å². The van der Waals surface area contributed by atoms with E-state index in [-0.39, 0.29) is 13.2 Å². The molecule has 124 valence electrons. The van der Waals surface area contributed by atoms with Crippen LogP contribution >= 0.6 is 0 Å². The van der Waals surface area contributed by atoms with Gasteiger partial charge in [0.1, 0.15) is 30.4 Å². The van der Waals surface area contributed by atoms with Gasteiger partial charge in [0.2, 0.25) is 0 Å². The van der Waals surface area contributed by atoms with Crippen LogP contribution in [0.15, 0.2) is 12.4 Å². The van der Waals surface area contributed by atoms with Gasteiger partial charge in [-0.2, -0.15) is 0 Å². The van der Waals surface area contributed by atoms with E-state index in [0.717, 1.165) is 24.5 Å². The van der Waals surface area contributed by atoms with Crippen LogP contribution in [-0.2, 0) is 13.7 Å². The molecule has 9 nitrogen and oxygen atoms in total. The maximum absolute atomic E-state index is 9.17. The third kappa shape index (κ3) is 3.40. The normalized spacial score (nSPS) is 20.1.